The van der Waals surface area contributed by atoms with E-state index in [-0.39, 0.29) is 12.2 Å². The van der Waals surface area contributed by atoms with Crippen LogP contribution in [-0.2, 0) is 15.7 Å². The SMILES string of the molecule is CCCCCCCCCCCCCCCOC(=O)C(C)NC(=O)c1cccc(C(F)(F)F)c1. The predicted molar refractivity (Wildman–Crippen MR) is 125 cm³/mol. The fraction of sp³-hybridized carbons (Fsp3) is 0.692. The minimum absolute atomic E-state index is 0.152. The first-order valence-corrected chi connectivity index (χ1v) is 12.4. The largest absolute Gasteiger partial charge is 0.464 e. The summed E-state index contributed by atoms with van der Waals surface area (Å²) < 4.78 is 43.5. The Bertz CT molecular complexity index is 692. The molecule has 1 unspecified atom stereocenters. The van der Waals surface area contributed by atoms with Crippen molar-refractivity contribution < 1.29 is 27.5 Å². The number of hydrogen-bond donors (Lipinski definition) is 1. The molecule has 0 aromatic heterocycles. The van der Waals surface area contributed by atoms with Gasteiger partial charge in [0.2, 0.25) is 0 Å². The maximum Gasteiger partial charge on any atom is 0.416 e. The Labute approximate surface area is 196 Å². The van der Waals surface area contributed by atoms with Crippen molar-refractivity contribution in [2.45, 2.75) is 110 Å². The van der Waals surface area contributed by atoms with Crippen LogP contribution in [0.1, 0.15) is 113 Å². The van der Waals surface area contributed by atoms with Crippen molar-refractivity contribution in [1.29, 1.82) is 0 Å². The summed E-state index contributed by atoms with van der Waals surface area (Å²) in [6.45, 7) is 3.97. The van der Waals surface area contributed by atoms with Crippen LogP contribution >= 0.6 is 0 Å². The van der Waals surface area contributed by atoms with E-state index < -0.39 is 29.7 Å². The van der Waals surface area contributed by atoms with Crippen LogP contribution in [0.5, 0.6) is 0 Å². The second-order valence-corrected chi connectivity index (χ2v) is 8.68. The van der Waals surface area contributed by atoms with Crippen LogP contribution in [0.15, 0.2) is 24.3 Å². The molecule has 33 heavy (non-hydrogen) atoms. The van der Waals surface area contributed by atoms with Gasteiger partial charge in [0, 0.05) is 5.56 Å². The predicted octanol–water partition coefficient (Wildman–Crippen LogP) is 7.46. The number of rotatable bonds is 17. The number of benzene rings is 1. The van der Waals surface area contributed by atoms with Gasteiger partial charge < -0.3 is 10.1 Å². The number of carbonyl (C=O) groups is 2. The normalized spacial score (nSPS) is 12.4. The molecule has 188 valence electrons. The van der Waals surface area contributed by atoms with Gasteiger partial charge in [-0.2, -0.15) is 13.2 Å². The lowest BCUT2D eigenvalue weighted by Crippen LogP contribution is -2.39. The molecule has 1 aromatic rings. The number of ether oxygens (including phenoxy) is 1. The van der Waals surface area contributed by atoms with Crippen LogP contribution in [-0.4, -0.2) is 24.5 Å². The smallest absolute Gasteiger partial charge is 0.416 e. The minimum Gasteiger partial charge on any atom is -0.464 e. The van der Waals surface area contributed by atoms with E-state index in [4.69, 9.17) is 4.74 Å². The first-order chi connectivity index (χ1) is 15.8. The number of halogens is 3. The zero-order valence-electron chi connectivity index (χ0n) is 20.1. The van der Waals surface area contributed by atoms with Gasteiger partial charge in [0.15, 0.2) is 0 Å². The van der Waals surface area contributed by atoms with E-state index in [0.29, 0.717) is 0 Å². The van der Waals surface area contributed by atoms with Gasteiger partial charge in [0.05, 0.1) is 12.2 Å². The van der Waals surface area contributed by atoms with Gasteiger partial charge in [0.1, 0.15) is 6.04 Å². The average molecular weight is 472 g/mol. The molecule has 1 aromatic carbocycles. The molecule has 0 aliphatic rings. The molecule has 1 N–H and O–H groups in total. The number of amides is 1. The van der Waals surface area contributed by atoms with Crippen molar-refractivity contribution in [1.82, 2.24) is 5.32 Å². The third-order valence-electron chi connectivity index (χ3n) is 5.65. The van der Waals surface area contributed by atoms with E-state index in [1.807, 2.05) is 0 Å². The van der Waals surface area contributed by atoms with Gasteiger partial charge in [-0.1, -0.05) is 90.0 Å². The van der Waals surface area contributed by atoms with Crippen LogP contribution in [0.2, 0.25) is 0 Å². The van der Waals surface area contributed by atoms with Crippen molar-refractivity contribution in [3.8, 4) is 0 Å². The van der Waals surface area contributed by atoms with Crippen molar-refractivity contribution in [3.63, 3.8) is 0 Å². The second-order valence-electron chi connectivity index (χ2n) is 8.68. The summed E-state index contributed by atoms with van der Waals surface area (Å²) in [5.74, 6) is -1.33. The third-order valence-corrected chi connectivity index (χ3v) is 5.65. The Morgan fingerprint density at radius 1 is 0.879 bits per heavy atom. The first kappa shape index (κ1) is 29.0. The number of nitrogens with one attached hydrogen (secondary N) is 1. The molecule has 0 fully saturated rings. The molecule has 0 heterocycles. The molecule has 0 radical (unpaired) electrons. The Balaban J connectivity index is 2.09. The van der Waals surface area contributed by atoms with Crippen molar-refractivity contribution >= 4 is 11.9 Å². The molecule has 7 heteroatoms. The maximum atomic E-state index is 12.8. The number of unbranched alkanes of at least 4 members (excludes halogenated alkanes) is 12. The van der Waals surface area contributed by atoms with Crippen molar-refractivity contribution in [2.24, 2.45) is 0 Å². The lowest BCUT2D eigenvalue weighted by Gasteiger charge is -2.14. The van der Waals surface area contributed by atoms with Gasteiger partial charge in [0.25, 0.3) is 5.91 Å². The molecule has 1 atom stereocenters. The summed E-state index contributed by atoms with van der Waals surface area (Å²) in [6, 6.07) is 3.16. The van der Waals surface area contributed by atoms with Crippen molar-refractivity contribution in [3.05, 3.63) is 35.4 Å². The fourth-order valence-electron chi connectivity index (χ4n) is 3.59. The summed E-state index contributed by atoms with van der Waals surface area (Å²) in [4.78, 5) is 24.2. The summed E-state index contributed by atoms with van der Waals surface area (Å²) in [6.07, 6.45) is 11.4. The molecular weight excluding hydrogens is 431 g/mol. The molecule has 1 amide bonds. The molecular formula is C26H40F3NO3. The number of carbonyl (C=O) groups excluding carboxylic acids is 2. The summed E-state index contributed by atoms with van der Waals surface area (Å²) >= 11 is 0. The summed E-state index contributed by atoms with van der Waals surface area (Å²) in [7, 11) is 0. The quantitative estimate of drug-likeness (QED) is 0.189. The Kier molecular flexibility index (Phi) is 14.5. The van der Waals surface area contributed by atoms with Crippen LogP contribution < -0.4 is 5.32 Å². The Morgan fingerprint density at radius 2 is 1.39 bits per heavy atom. The highest BCUT2D eigenvalue weighted by Gasteiger charge is 2.31. The van der Waals surface area contributed by atoms with Crippen LogP contribution in [0, 0.1) is 0 Å². The van der Waals surface area contributed by atoms with E-state index in [9.17, 15) is 22.8 Å². The minimum atomic E-state index is -4.53. The highest BCUT2D eigenvalue weighted by atomic mass is 19.4. The zero-order valence-corrected chi connectivity index (χ0v) is 20.1. The average Bonchev–Trinajstić information content (AvgIpc) is 2.78. The zero-order chi connectivity index (χ0) is 24.5. The van der Waals surface area contributed by atoms with E-state index in [1.54, 1.807) is 0 Å². The van der Waals surface area contributed by atoms with Gasteiger partial charge in [-0.05, 0) is 31.5 Å². The summed E-state index contributed by atoms with van der Waals surface area (Å²) in [5.41, 5.74) is -1.06. The van der Waals surface area contributed by atoms with Crippen LogP contribution in [0.25, 0.3) is 0 Å². The molecule has 0 aliphatic heterocycles. The lowest BCUT2D eigenvalue weighted by molar-refractivity contribution is -0.145. The van der Waals surface area contributed by atoms with Gasteiger partial charge in [-0.15, -0.1) is 0 Å². The second kappa shape index (κ2) is 16.5. The number of esters is 1. The third kappa shape index (κ3) is 13.3. The van der Waals surface area contributed by atoms with Crippen molar-refractivity contribution in [2.75, 3.05) is 6.61 Å². The van der Waals surface area contributed by atoms with E-state index in [0.717, 1.165) is 37.5 Å². The standard InChI is InChI=1S/C26H40F3NO3/c1-3-4-5-6-7-8-9-10-11-12-13-14-15-19-33-25(32)21(2)30-24(31)22-17-16-18-23(20-22)26(27,28)29/h16-18,20-21H,3-15,19H2,1-2H3,(H,30,31). The Hall–Kier alpha value is -2.05. The van der Waals surface area contributed by atoms with E-state index >= 15 is 0 Å². The van der Waals surface area contributed by atoms with Crippen LogP contribution in [0.3, 0.4) is 0 Å². The lowest BCUT2D eigenvalue weighted by atomic mass is 10.0. The van der Waals surface area contributed by atoms with Gasteiger partial charge in [-0.25, -0.2) is 4.79 Å². The molecule has 0 saturated carbocycles. The molecule has 4 nitrogen and oxygen atoms in total. The Morgan fingerprint density at radius 3 is 1.91 bits per heavy atom. The topological polar surface area (TPSA) is 55.4 Å². The monoisotopic (exact) mass is 471 g/mol. The molecule has 0 saturated heterocycles. The highest BCUT2D eigenvalue weighted by molar-refractivity contribution is 5.96. The number of alkyl halides is 3. The fourth-order valence-corrected chi connectivity index (χ4v) is 3.59. The van der Waals surface area contributed by atoms with Gasteiger partial charge >= 0.3 is 12.1 Å². The number of hydrogen-bond acceptors (Lipinski definition) is 3. The molecule has 1 rings (SSSR count). The molecule has 0 spiro atoms. The van der Waals surface area contributed by atoms with Crippen LogP contribution in [0.4, 0.5) is 13.2 Å². The summed E-state index contributed by atoms with van der Waals surface area (Å²) in [5, 5.41) is 2.39. The maximum absolute atomic E-state index is 12.8. The van der Waals surface area contributed by atoms with Gasteiger partial charge in [-0.3, -0.25) is 4.79 Å². The highest BCUT2D eigenvalue weighted by Crippen LogP contribution is 2.29. The molecule has 0 aliphatic carbocycles. The molecule has 0 bridgehead atoms. The van der Waals surface area contributed by atoms with E-state index in [2.05, 4.69) is 12.2 Å². The first-order valence-electron chi connectivity index (χ1n) is 12.4. The van der Waals surface area contributed by atoms with E-state index in [1.165, 1.54) is 77.2 Å².